The number of nitrogens with one attached hydrogen (secondary N) is 1. The van der Waals surface area contributed by atoms with Crippen molar-refractivity contribution in [3.63, 3.8) is 0 Å². The zero-order valence-corrected chi connectivity index (χ0v) is 12.1. The lowest BCUT2D eigenvalue weighted by molar-refractivity contribution is 0.296. The van der Waals surface area contributed by atoms with Crippen LogP contribution in [-0.4, -0.2) is 38.1 Å². The molecule has 16 heavy (non-hydrogen) atoms. The Hall–Kier alpha value is -0.0800. The number of likely N-dealkylation sites (N-methyl/N-ethyl adjacent to an activating group) is 1. The fourth-order valence-electron chi connectivity index (χ4n) is 2.76. The van der Waals surface area contributed by atoms with Crippen LogP contribution in [-0.2, 0) is 0 Å². The van der Waals surface area contributed by atoms with Crippen molar-refractivity contribution in [1.82, 2.24) is 10.2 Å². The smallest absolute Gasteiger partial charge is 0.0104 e. The maximum Gasteiger partial charge on any atom is 0.0104 e. The predicted octanol–water partition coefficient (Wildman–Crippen LogP) is 2.60. The summed E-state index contributed by atoms with van der Waals surface area (Å²) in [6.07, 6.45) is 1.23. The van der Waals surface area contributed by atoms with E-state index in [1.807, 2.05) is 0 Å². The number of hydrogen-bond acceptors (Lipinski definition) is 2. The second-order valence-corrected chi connectivity index (χ2v) is 6.51. The molecule has 0 aromatic carbocycles. The van der Waals surface area contributed by atoms with Crippen LogP contribution in [0.25, 0.3) is 0 Å². The van der Waals surface area contributed by atoms with Gasteiger partial charge in [-0.05, 0) is 36.8 Å². The Labute approximate surface area is 102 Å². The van der Waals surface area contributed by atoms with Crippen molar-refractivity contribution < 1.29 is 0 Å². The minimum absolute atomic E-state index is 0.526. The SMILES string of the molecule is CCCNCCN(C)CC1C(C)(C)C1(C)C. The van der Waals surface area contributed by atoms with Gasteiger partial charge in [0.05, 0.1) is 0 Å². The fraction of sp³-hybridized carbons (Fsp3) is 1.00. The second-order valence-electron chi connectivity index (χ2n) is 6.51. The zero-order valence-electron chi connectivity index (χ0n) is 12.1. The van der Waals surface area contributed by atoms with Crippen molar-refractivity contribution in [2.45, 2.75) is 41.0 Å². The lowest BCUT2D eigenvalue weighted by Crippen LogP contribution is -2.31. The first-order valence-electron chi connectivity index (χ1n) is 6.73. The molecule has 1 fully saturated rings. The molecule has 1 N–H and O–H groups in total. The van der Waals surface area contributed by atoms with Crippen LogP contribution >= 0.6 is 0 Å². The Kier molecular flexibility index (Phi) is 4.42. The van der Waals surface area contributed by atoms with E-state index in [9.17, 15) is 0 Å². The largest absolute Gasteiger partial charge is 0.315 e. The summed E-state index contributed by atoms with van der Waals surface area (Å²) in [7, 11) is 2.25. The normalized spacial score (nSPS) is 22.7. The molecule has 1 rings (SSSR count). The van der Waals surface area contributed by atoms with Gasteiger partial charge >= 0.3 is 0 Å². The zero-order chi connectivity index (χ0) is 12.4. The minimum Gasteiger partial charge on any atom is -0.315 e. The molecule has 1 aliphatic carbocycles. The Bertz CT molecular complexity index is 207. The summed E-state index contributed by atoms with van der Waals surface area (Å²) < 4.78 is 0. The van der Waals surface area contributed by atoms with E-state index < -0.39 is 0 Å². The summed E-state index contributed by atoms with van der Waals surface area (Å²) in [5.41, 5.74) is 1.05. The molecule has 0 amide bonds. The molecule has 0 spiro atoms. The van der Waals surface area contributed by atoms with Crippen molar-refractivity contribution in [1.29, 1.82) is 0 Å². The maximum atomic E-state index is 3.46. The third-order valence-electron chi connectivity index (χ3n) is 4.91. The van der Waals surface area contributed by atoms with Crippen LogP contribution in [0.2, 0.25) is 0 Å². The fourth-order valence-corrected chi connectivity index (χ4v) is 2.76. The van der Waals surface area contributed by atoms with E-state index in [-0.39, 0.29) is 0 Å². The van der Waals surface area contributed by atoms with Crippen LogP contribution in [0.15, 0.2) is 0 Å². The highest BCUT2D eigenvalue weighted by atomic mass is 15.1. The van der Waals surface area contributed by atoms with Crippen LogP contribution in [0, 0.1) is 16.7 Å². The van der Waals surface area contributed by atoms with Gasteiger partial charge in [-0.3, -0.25) is 0 Å². The van der Waals surface area contributed by atoms with Crippen LogP contribution in [0.5, 0.6) is 0 Å². The van der Waals surface area contributed by atoms with Gasteiger partial charge in [0.25, 0.3) is 0 Å². The topological polar surface area (TPSA) is 15.3 Å². The van der Waals surface area contributed by atoms with Gasteiger partial charge in [-0.15, -0.1) is 0 Å². The molecule has 0 unspecified atom stereocenters. The first kappa shape index (κ1) is 14.0. The van der Waals surface area contributed by atoms with E-state index in [1.54, 1.807) is 0 Å². The molecule has 1 aliphatic rings. The van der Waals surface area contributed by atoms with Crippen LogP contribution in [0.1, 0.15) is 41.0 Å². The van der Waals surface area contributed by atoms with Gasteiger partial charge in [0.15, 0.2) is 0 Å². The Morgan fingerprint density at radius 3 is 2.06 bits per heavy atom. The molecule has 0 heterocycles. The van der Waals surface area contributed by atoms with E-state index in [0.717, 1.165) is 19.0 Å². The summed E-state index contributed by atoms with van der Waals surface area (Å²) in [6.45, 7) is 16.5. The summed E-state index contributed by atoms with van der Waals surface area (Å²) in [5, 5.41) is 3.46. The lowest BCUT2D eigenvalue weighted by Gasteiger charge is -2.18. The van der Waals surface area contributed by atoms with Crippen molar-refractivity contribution in [3.8, 4) is 0 Å². The van der Waals surface area contributed by atoms with Crippen molar-refractivity contribution >= 4 is 0 Å². The molecule has 0 saturated heterocycles. The summed E-state index contributed by atoms with van der Waals surface area (Å²) in [4.78, 5) is 2.48. The first-order chi connectivity index (χ1) is 7.34. The van der Waals surface area contributed by atoms with E-state index in [0.29, 0.717) is 10.8 Å². The van der Waals surface area contributed by atoms with E-state index in [1.165, 1.54) is 19.5 Å². The Morgan fingerprint density at radius 1 is 1.06 bits per heavy atom. The molecule has 1 saturated carbocycles. The van der Waals surface area contributed by atoms with Gasteiger partial charge in [-0.2, -0.15) is 0 Å². The van der Waals surface area contributed by atoms with Crippen LogP contribution in [0.4, 0.5) is 0 Å². The molecule has 0 bridgehead atoms. The maximum absolute atomic E-state index is 3.46. The highest BCUT2D eigenvalue weighted by Crippen LogP contribution is 2.68. The minimum atomic E-state index is 0.526. The molecular formula is C14H30N2. The van der Waals surface area contributed by atoms with Crippen molar-refractivity contribution in [2.24, 2.45) is 16.7 Å². The van der Waals surface area contributed by atoms with Gasteiger partial charge < -0.3 is 10.2 Å². The van der Waals surface area contributed by atoms with E-state index in [4.69, 9.17) is 0 Å². The van der Waals surface area contributed by atoms with Crippen LogP contribution in [0.3, 0.4) is 0 Å². The number of rotatable bonds is 7. The van der Waals surface area contributed by atoms with Gasteiger partial charge in [0.1, 0.15) is 0 Å². The molecule has 0 aliphatic heterocycles. The van der Waals surface area contributed by atoms with Gasteiger partial charge in [-0.1, -0.05) is 34.6 Å². The average Bonchev–Trinajstić information content (AvgIpc) is 2.56. The summed E-state index contributed by atoms with van der Waals surface area (Å²) in [6, 6.07) is 0. The Balaban J connectivity index is 2.19. The molecule has 0 radical (unpaired) electrons. The van der Waals surface area contributed by atoms with Gasteiger partial charge in [0.2, 0.25) is 0 Å². The Morgan fingerprint density at radius 2 is 1.62 bits per heavy atom. The second kappa shape index (κ2) is 5.05. The van der Waals surface area contributed by atoms with Crippen LogP contribution < -0.4 is 5.32 Å². The molecule has 0 aromatic heterocycles. The highest BCUT2D eigenvalue weighted by Gasteiger charge is 2.64. The monoisotopic (exact) mass is 226 g/mol. The third-order valence-corrected chi connectivity index (χ3v) is 4.91. The van der Waals surface area contributed by atoms with E-state index in [2.05, 4.69) is 51.9 Å². The molecular weight excluding hydrogens is 196 g/mol. The molecule has 2 nitrogen and oxygen atoms in total. The number of nitrogens with zero attached hydrogens (tertiary/aromatic N) is 1. The molecule has 0 atom stereocenters. The number of hydrogen-bond donors (Lipinski definition) is 1. The summed E-state index contributed by atoms with van der Waals surface area (Å²) in [5.74, 6) is 0.858. The highest BCUT2D eigenvalue weighted by molar-refractivity contribution is 5.12. The van der Waals surface area contributed by atoms with Crippen molar-refractivity contribution in [3.05, 3.63) is 0 Å². The van der Waals surface area contributed by atoms with Gasteiger partial charge in [0, 0.05) is 19.6 Å². The standard InChI is InChI=1S/C14H30N2/c1-7-8-15-9-10-16(6)11-12-13(2,3)14(12,4)5/h12,15H,7-11H2,1-6H3. The molecule has 2 heteroatoms. The average molecular weight is 226 g/mol. The quantitative estimate of drug-likeness (QED) is 0.671. The molecule has 96 valence electrons. The van der Waals surface area contributed by atoms with Gasteiger partial charge in [-0.25, -0.2) is 0 Å². The van der Waals surface area contributed by atoms with Crippen molar-refractivity contribution in [2.75, 3.05) is 33.2 Å². The third kappa shape index (κ3) is 2.78. The van der Waals surface area contributed by atoms with E-state index >= 15 is 0 Å². The molecule has 0 aromatic rings. The first-order valence-corrected chi connectivity index (χ1v) is 6.73. The lowest BCUT2D eigenvalue weighted by atomic mass is 10.0. The predicted molar refractivity (Wildman–Crippen MR) is 71.7 cm³/mol. The summed E-state index contributed by atoms with van der Waals surface area (Å²) >= 11 is 0.